The van der Waals surface area contributed by atoms with Crippen LogP contribution in [-0.4, -0.2) is 44.4 Å². The van der Waals surface area contributed by atoms with Crippen LogP contribution in [0.4, 0.5) is 10.5 Å². The predicted molar refractivity (Wildman–Crippen MR) is 78.2 cm³/mol. The molecule has 1 aromatic rings. The Bertz CT molecular complexity index is 506. The third-order valence-electron chi connectivity index (χ3n) is 3.71. The smallest absolute Gasteiger partial charge is 0.323 e. The summed E-state index contributed by atoms with van der Waals surface area (Å²) in [7, 11) is 0. The predicted octanol–water partition coefficient (Wildman–Crippen LogP) is 2.33. The fraction of sp³-hybridized carbons (Fsp3) is 0.643. The maximum Gasteiger partial charge on any atom is 0.323 e. The molecule has 0 bridgehead atoms. The number of carboxylic acid groups (broad SMARTS) is 1. The number of aromatic nitrogens is 2. The molecule has 1 aliphatic carbocycles. The molecule has 1 fully saturated rings. The van der Waals surface area contributed by atoms with Crippen molar-refractivity contribution in [3.05, 3.63) is 12.4 Å². The van der Waals surface area contributed by atoms with Gasteiger partial charge in [0.05, 0.1) is 11.9 Å². The van der Waals surface area contributed by atoms with Crippen molar-refractivity contribution in [1.82, 2.24) is 14.7 Å². The second kappa shape index (κ2) is 6.60. The number of nitrogens with zero attached hydrogens (tertiary/aromatic N) is 3. The largest absolute Gasteiger partial charge is 0.480 e. The molecule has 1 saturated carbocycles. The third kappa shape index (κ3) is 3.96. The lowest BCUT2D eigenvalue weighted by Crippen LogP contribution is -2.44. The van der Waals surface area contributed by atoms with Gasteiger partial charge < -0.3 is 15.3 Å². The molecule has 1 aromatic heterocycles. The van der Waals surface area contributed by atoms with Crippen molar-refractivity contribution in [2.24, 2.45) is 0 Å². The van der Waals surface area contributed by atoms with Crippen LogP contribution >= 0.6 is 0 Å². The summed E-state index contributed by atoms with van der Waals surface area (Å²) < 4.78 is 1.74. The molecule has 7 nitrogen and oxygen atoms in total. The maximum absolute atomic E-state index is 12.3. The van der Waals surface area contributed by atoms with E-state index in [2.05, 4.69) is 10.4 Å². The van der Waals surface area contributed by atoms with E-state index < -0.39 is 5.97 Å². The molecule has 2 amide bonds. The summed E-state index contributed by atoms with van der Waals surface area (Å²) in [5.41, 5.74) is 0.585. The second-order valence-electron chi connectivity index (χ2n) is 5.69. The fourth-order valence-electron chi connectivity index (χ4n) is 2.61. The van der Waals surface area contributed by atoms with Crippen molar-refractivity contribution < 1.29 is 14.7 Å². The molecule has 0 radical (unpaired) electrons. The quantitative estimate of drug-likeness (QED) is 0.872. The molecule has 2 rings (SSSR count). The number of amides is 2. The number of carbonyl (C=O) groups is 2. The van der Waals surface area contributed by atoms with Gasteiger partial charge in [-0.1, -0.05) is 12.8 Å². The molecule has 0 aromatic carbocycles. The number of carbonyl (C=O) groups excluding carboxylic acids is 1. The number of nitrogens with one attached hydrogen (secondary N) is 1. The molecule has 1 aliphatic rings. The van der Waals surface area contributed by atoms with E-state index >= 15 is 0 Å². The average Bonchev–Trinajstić information content (AvgIpc) is 3.06. The van der Waals surface area contributed by atoms with Gasteiger partial charge in [-0.3, -0.25) is 9.48 Å². The van der Waals surface area contributed by atoms with E-state index in [-0.39, 0.29) is 24.7 Å². The third-order valence-corrected chi connectivity index (χ3v) is 3.71. The molecule has 2 N–H and O–H groups in total. The van der Waals surface area contributed by atoms with Gasteiger partial charge in [-0.05, 0) is 26.7 Å². The van der Waals surface area contributed by atoms with E-state index in [0.29, 0.717) is 5.69 Å². The number of carboxylic acids is 1. The van der Waals surface area contributed by atoms with E-state index in [1.54, 1.807) is 17.1 Å². The van der Waals surface area contributed by atoms with Gasteiger partial charge >= 0.3 is 12.0 Å². The molecule has 0 unspecified atom stereocenters. The van der Waals surface area contributed by atoms with E-state index in [4.69, 9.17) is 5.11 Å². The summed E-state index contributed by atoms with van der Waals surface area (Å²) >= 11 is 0. The molecule has 1 heterocycles. The Morgan fingerprint density at radius 3 is 2.67 bits per heavy atom. The zero-order chi connectivity index (χ0) is 15.4. The van der Waals surface area contributed by atoms with Crippen molar-refractivity contribution >= 4 is 17.7 Å². The van der Waals surface area contributed by atoms with E-state index in [9.17, 15) is 9.59 Å². The highest BCUT2D eigenvalue weighted by Gasteiger charge is 2.28. The standard InChI is InChI=1S/C14H22N4O3/c1-10(2)18-8-11(7-15-18)16-14(21)17(9-13(19)20)12-5-3-4-6-12/h7-8,10,12H,3-6,9H2,1-2H3,(H,16,21)(H,19,20). The zero-order valence-electron chi connectivity index (χ0n) is 12.5. The van der Waals surface area contributed by atoms with Gasteiger partial charge in [-0.2, -0.15) is 5.10 Å². The monoisotopic (exact) mass is 294 g/mol. The molecule has 21 heavy (non-hydrogen) atoms. The number of hydrogen-bond donors (Lipinski definition) is 2. The van der Waals surface area contributed by atoms with Crippen LogP contribution in [0.25, 0.3) is 0 Å². The maximum atomic E-state index is 12.3. The second-order valence-corrected chi connectivity index (χ2v) is 5.69. The molecule has 0 spiro atoms. The van der Waals surface area contributed by atoms with Gasteiger partial charge in [0.15, 0.2) is 0 Å². The lowest BCUT2D eigenvalue weighted by molar-refractivity contribution is -0.138. The van der Waals surface area contributed by atoms with Crippen LogP contribution in [0, 0.1) is 0 Å². The normalized spacial score (nSPS) is 15.4. The van der Waals surface area contributed by atoms with Gasteiger partial charge in [-0.15, -0.1) is 0 Å². The molecule has 0 atom stereocenters. The van der Waals surface area contributed by atoms with Crippen LogP contribution in [0.5, 0.6) is 0 Å². The van der Waals surface area contributed by atoms with E-state index in [0.717, 1.165) is 25.7 Å². The van der Waals surface area contributed by atoms with Crippen LogP contribution in [0.15, 0.2) is 12.4 Å². The molecule has 0 saturated heterocycles. The Balaban J connectivity index is 2.04. The lowest BCUT2D eigenvalue weighted by Gasteiger charge is -2.27. The lowest BCUT2D eigenvalue weighted by atomic mass is 10.2. The molecular weight excluding hydrogens is 272 g/mol. The van der Waals surface area contributed by atoms with Crippen molar-refractivity contribution in [2.45, 2.75) is 51.6 Å². The topological polar surface area (TPSA) is 87.5 Å². The van der Waals surface area contributed by atoms with Crippen LogP contribution in [0.2, 0.25) is 0 Å². The minimum absolute atomic E-state index is 0.0150. The van der Waals surface area contributed by atoms with Crippen LogP contribution in [-0.2, 0) is 4.79 Å². The summed E-state index contributed by atoms with van der Waals surface area (Å²) in [4.78, 5) is 24.7. The first-order valence-electron chi connectivity index (χ1n) is 7.31. The minimum atomic E-state index is -0.991. The van der Waals surface area contributed by atoms with Gasteiger partial charge in [0.25, 0.3) is 0 Å². The summed E-state index contributed by atoms with van der Waals surface area (Å²) in [5.74, 6) is -0.991. The SMILES string of the molecule is CC(C)n1cc(NC(=O)N(CC(=O)O)C2CCCC2)cn1. The highest BCUT2D eigenvalue weighted by Crippen LogP contribution is 2.24. The minimum Gasteiger partial charge on any atom is -0.480 e. The fourth-order valence-corrected chi connectivity index (χ4v) is 2.61. The summed E-state index contributed by atoms with van der Waals surface area (Å²) in [6, 6.07) is -0.144. The Hall–Kier alpha value is -2.05. The van der Waals surface area contributed by atoms with Crippen LogP contribution < -0.4 is 5.32 Å². The van der Waals surface area contributed by atoms with Crippen molar-refractivity contribution in [1.29, 1.82) is 0 Å². The first-order valence-corrected chi connectivity index (χ1v) is 7.31. The molecule has 0 aliphatic heterocycles. The number of anilines is 1. The van der Waals surface area contributed by atoms with Gasteiger partial charge in [0, 0.05) is 18.3 Å². The van der Waals surface area contributed by atoms with Crippen LogP contribution in [0.1, 0.15) is 45.6 Å². The van der Waals surface area contributed by atoms with E-state index in [1.807, 2.05) is 13.8 Å². The van der Waals surface area contributed by atoms with Gasteiger partial charge in [0.2, 0.25) is 0 Å². The molecular formula is C14H22N4O3. The highest BCUT2D eigenvalue weighted by atomic mass is 16.4. The summed E-state index contributed by atoms with van der Waals surface area (Å²) in [5, 5.41) is 15.9. The number of hydrogen-bond acceptors (Lipinski definition) is 3. The Labute approximate surface area is 123 Å². The number of rotatable bonds is 5. The number of aliphatic carboxylic acids is 1. The zero-order valence-corrected chi connectivity index (χ0v) is 12.5. The first-order chi connectivity index (χ1) is 9.97. The van der Waals surface area contributed by atoms with Crippen molar-refractivity contribution in [2.75, 3.05) is 11.9 Å². The number of urea groups is 1. The van der Waals surface area contributed by atoms with E-state index in [1.165, 1.54) is 4.90 Å². The average molecular weight is 294 g/mol. The molecule has 7 heteroatoms. The highest BCUT2D eigenvalue weighted by molar-refractivity contribution is 5.91. The summed E-state index contributed by atoms with van der Waals surface area (Å²) in [6.07, 6.45) is 7.14. The van der Waals surface area contributed by atoms with Crippen molar-refractivity contribution in [3.8, 4) is 0 Å². The van der Waals surface area contributed by atoms with Gasteiger partial charge in [-0.25, -0.2) is 4.79 Å². The Kier molecular flexibility index (Phi) is 4.82. The van der Waals surface area contributed by atoms with Crippen LogP contribution in [0.3, 0.4) is 0 Å². The first kappa shape index (κ1) is 15.3. The van der Waals surface area contributed by atoms with Gasteiger partial charge in [0.1, 0.15) is 6.54 Å². The summed E-state index contributed by atoms with van der Waals surface area (Å²) in [6.45, 7) is 3.72. The Morgan fingerprint density at radius 2 is 2.14 bits per heavy atom. The Morgan fingerprint density at radius 1 is 1.48 bits per heavy atom. The molecule has 116 valence electrons. The van der Waals surface area contributed by atoms with Crippen molar-refractivity contribution in [3.63, 3.8) is 0 Å².